The topological polar surface area (TPSA) is 62.5 Å². The average Bonchev–Trinajstić information content (AvgIpc) is 3.17. The Morgan fingerprint density at radius 2 is 2.20 bits per heavy atom. The zero-order valence-corrected chi connectivity index (χ0v) is 15.6. The first kappa shape index (κ1) is 16.7. The van der Waals surface area contributed by atoms with Gasteiger partial charge in [-0.25, -0.2) is 0 Å². The van der Waals surface area contributed by atoms with Crippen LogP contribution in [0.3, 0.4) is 0 Å². The van der Waals surface area contributed by atoms with Crippen LogP contribution in [-0.2, 0) is 17.8 Å². The molecule has 6 nitrogen and oxygen atoms in total. The number of likely N-dealkylation sites (N-methyl/N-ethyl adjacent to an activating group) is 1. The molecule has 1 saturated carbocycles. The fourth-order valence-corrected chi connectivity index (χ4v) is 4.13. The van der Waals surface area contributed by atoms with Crippen LogP contribution in [0.15, 0.2) is 16.7 Å². The maximum Gasteiger partial charge on any atom is 0.232 e. The van der Waals surface area contributed by atoms with E-state index >= 15 is 0 Å². The van der Waals surface area contributed by atoms with Crippen molar-refractivity contribution in [1.29, 1.82) is 0 Å². The molecule has 1 saturated heterocycles. The molecular formula is C18H24N4O2S. The molecular weight excluding hydrogens is 336 g/mol. The van der Waals surface area contributed by atoms with Crippen molar-refractivity contribution in [3.05, 3.63) is 33.6 Å². The van der Waals surface area contributed by atoms with Gasteiger partial charge in [-0.05, 0) is 31.9 Å². The molecule has 0 N–H and O–H groups in total. The van der Waals surface area contributed by atoms with E-state index < -0.39 is 0 Å². The van der Waals surface area contributed by atoms with E-state index in [4.69, 9.17) is 4.52 Å². The summed E-state index contributed by atoms with van der Waals surface area (Å²) in [5, 5.41) is 4.08. The molecule has 0 aromatic carbocycles. The number of amides is 1. The van der Waals surface area contributed by atoms with Gasteiger partial charge in [-0.3, -0.25) is 9.69 Å². The average molecular weight is 360 g/mol. The highest BCUT2D eigenvalue weighted by molar-refractivity contribution is 7.11. The predicted octanol–water partition coefficient (Wildman–Crippen LogP) is 2.45. The molecule has 0 atom stereocenters. The van der Waals surface area contributed by atoms with Crippen LogP contribution in [0.25, 0.3) is 0 Å². The number of carbonyl (C=O) groups excluding carboxylic acids is 1. The number of hydrogen-bond donors (Lipinski definition) is 0. The van der Waals surface area contributed by atoms with Gasteiger partial charge in [-0.2, -0.15) is 4.98 Å². The Balaban J connectivity index is 1.23. The smallest absolute Gasteiger partial charge is 0.232 e. The first-order valence-corrected chi connectivity index (χ1v) is 9.75. The lowest BCUT2D eigenvalue weighted by Crippen LogP contribution is -2.44. The molecule has 7 heteroatoms. The largest absolute Gasteiger partial charge is 0.345 e. The van der Waals surface area contributed by atoms with Crippen LogP contribution in [0.2, 0.25) is 0 Å². The number of aryl methyl sites for hydroxylation is 1. The number of likely N-dealkylation sites (tertiary alicyclic amines) is 1. The summed E-state index contributed by atoms with van der Waals surface area (Å²) in [6, 6.07) is 4.38. The van der Waals surface area contributed by atoms with Gasteiger partial charge in [0.1, 0.15) is 0 Å². The third-order valence-electron chi connectivity index (χ3n) is 4.94. The van der Waals surface area contributed by atoms with Crippen molar-refractivity contribution in [3.8, 4) is 0 Å². The zero-order valence-electron chi connectivity index (χ0n) is 14.8. The zero-order chi connectivity index (χ0) is 17.4. The van der Waals surface area contributed by atoms with Crippen LogP contribution in [0.1, 0.15) is 40.2 Å². The number of thiophene rings is 1. The lowest BCUT2D eigenvalue weighted by Gasteiger charge is -2.36. The maximum absolute atomic E-state index is 11.9. The molecule has 2 aromatic rings. The molecule has 0 unspecified atom stereocenters. The van der Waals surface area contributed by atoms with Gasteiger partial charge in [0.05, 0.1) is 5.92 Å². The minimum atomic E-state index is 0.252. The molecule has 25 heavy (non-hydrogen) atoms. The highest BCUT2D eigenvalue weighted by atomic mass is 32.1. The number of nitrogens with zero attached hydrogens (tertiary/aromatic N) is 4. The molecule has 2 aromatic heterocycles. The summed E-state index contributed by atoms with van der Waals surface area (Å²) in [6.45, 7) is 5.74. The van der Waals surface area contributed by atoms with Crippen LogP contribution >= 0.6 is 11.3 Å². The third kappa shape index (κ3) is 3.93. The Morgan fingerprint density at radius 3 is 2.88 bits per heavy atom. The summed E-state index contributed by atoms with van der Waals surface area (Å²) in [5.74, 6) is 2.30. The van der Waals surface area contributed by atoms with Crippen molar-refractivity contribution >= 4 is 17.2 Å². The molecule has 0 spiro atoms. The van der Waals surface area contributed by atoms with Crippen molar-refractivity contribution in [2.45, 2.75) is 38.6 Å². The van der Waals surface area contributed by atoms with E-state index in [1.54, 1.807) is 4.90 Å². The Bertz CT molecular complexity index is 746. The standard InChI is InChI=1S/C18H24N4O2S/c1-12-3-6-15(25-12)11-22-9-14(10-22)17-19-16(20-24-17)7-8-21(2)18(23)13-4-5-13/h3,6,13-14H,4-5,7-11H2,1-2H3. The number of aromatic nitrogens is 2. The van der Waals surface area contributed by atoms with E-state index in [0.717, 1.165) is 38.4 Å². The van der Waals surface area contributed by atoms with Crippen molar-refractivity contribution in [2.24, 2.45) is 5.92 Å². The number of hydrogen-bond acceptors (Lipinski definition) is 6. The van der Waals surface area contributed by atoms with E-state index in [9.17, 15) is 4.79 Å². The van der Waals surface area contributed by atoms with E-state index in [1.807, 2.05) is 18.4 Å². The second kappa shape index (κ2) is 6.88. The van der Waals surface area contributed by atoms with Crippen molar-refractivity contribution in [2.75, 3.05) is 26.7 Å². The van der Waals surface area contributed by atoms with Gasteiger partial charge >= 0.3 is 0 Å². The first-order valence-electron chi connectivity index (χ1n) is 8.93. The highest BCUT2D eigenvalue weighted by Crippen LogP contribution is 2.31. The van der Waals surface area contributed by atoms with Gasteiger partial charge in [0.15, 0.2) is 5.82 Å². The quantitative estimate of drug-likeness (QED) is 0.759. The van der Waals surface area contributed by atoms with E-state index in [2.05, 4.69) is 34.1 Å². The molecule has 2 aliphatic rings. The van der Waals surface area contributed by atoms with E-state index in [-0.39, 0.29) is 11.8 Å². The monoisotopic (exact) mass is 360 g/mol. The second-order valence-corrected chi connectivity index (χ2v) is 8.61. The Morgan fingerprint density at radius 1 is 1.40 bits per heavy atom. The maximum atomic E-state index is 11.9. The highest BCUT2D eigenvalue weighted by Gasteiger charge is 2.33. The molecule has 3 heterocycles. The molecule has 0 bridgehead atoms. The van der Waals surface area contributed by atoms with Crippen molar-refractivity contribution < 1.29 is 9.32 Å². The lowest BCUT2D eigenvalue weighted by atomic mass is 10.0. The van der Waals surface area contributed by atoms with Crippen molar-refractivity contribution in [1.82, 2.24) is 19.9 Å². The SMILES string of the molecule is Cc1ccc(CN2CC(c3nc(CCN(C)C(=O)C4CC4)no3)C2)s1. The first-order chi connectivity index (χ1) is 12.1. The summed E-state index contributed by atoms with van der Waals surface area (Å²) in [4.78, 5) is 23.4. The van der Waals surface area contributed by atoms with Gasteiger partial charge in [-0.15, -0.1) is 11.3 Å². The third-order valence-corrected chi connectivity index (χ3v) is 5.92. The second-order valence-electron chi connectivity index (χ2n) is 7.24. The fraction of sp³-hybridized carbons (Fsp3) is 0.611. The summed E-state index contributed by atoms with van der Waals surface area (Å²) < 4.78 is 5.44. The van der Waals surface area contributed by atoms with Crippen LogP contribution in [0, 0.1) is 12.8 Å². The summed E-state index contributed by atoms with van der Waals surface area (Å²) in [5.41, 5.74) is 0. The van der Waals surface area contributed by atoms with Crippen LogP contribution in [0.5, 0.6) is 0 Å². The van der Waals surface area contributed by atoms with Crippen LogP contribution in [0.4, 0.5) is 0 Å². The Kier molecular flexibility index (Phi) is 4.60. The van der Waals surface area contributed by atoms with Gasteiger partial charge < -0.3 is 9.42 Å². The lowest BCUT2D eigenvalue weighted by molar-refractivity contribution is -0.131. The normalized spacial score (nSPS) is 18.3. The summed E-state index contributed by atoms with van der Waals surface area (Å²) >= 11 is 1.86. The number of rotatable bonds is 7. The van der Waals surface area contributed by atoms with Gasteiger partial charge in [-0.1, -0.05) is 5.16 Å². The predicted molar refractivity (Wildman–Crippen MR) is 95.4 cm³/mol. The summed E-state index contributed by atoms with van der Waals surface area (Å²) in [6.07, 6.45) is 2.74. The van der Waals surface area contributed by atoms with Crippen molar-refractivity contribution in [3.63, 3.8) is 0 Å². The van der Waals surface area contributed by atoms with Crippen LogP contribution in [-0.4, -0.2) is 52.5 Å². The minimum Gasteiger partial charge on any atom is -0.345 e. The van der Waals surface area contributed by atoms with Gasteiger partial charge in [0.25, 0.3) is 0 Å². The van der Waals surface area contributed by atoms with Gasteiger partial charge in [0, 0.05) is 55.3 Å². The molecule has 1 aliphatic heterocycles. The molecule has 134 valence electrons. The fourth-order valence-electron chi connectivity index (χ4n) is 3.20. The summed E-state index contributed by atoms with van der Waals surface area (Å²) in [7, 11) is 1.86. The Labute approximate surface area is 151 Å². The molecule has 1 aliphatic carbocycles. The number of carbonyl (C=O) groups is 1. The minimum absolute atomic E-state index is 0.252. The molecule has 2 fully saturated rings. The van der Waals surface area contributed by atoms with Crippen LogP contribution < -0.4 is 0 Å². The molecule has 4 rings (SSSR count). The molecule has 1 amide bonds. The molecule has 0 radical (unpaired) electrons. The van der Waals surface area contributed by atoms with E-state index in [1.165, 1.54) is 9.75 Å². The van der Waals surface area contributed by atoms with E-state index in [0.29, 0.717) is 24.7 Å². The van der Waals surface area contributed by atoms with Gasteiger partial charge in [0.2, 0.25) is 11.8 Å². The Hall–Kier alpha value is -1.73.